The summed E-state index contributed by atoms with van der Waals surface area (Å²) in [5, 5.41) is 7.43. The molecular formula is C20H18FN3O4S. The van der Waals surface area contributed by atoms with Crippen LogP contribution in [0.4, 0.5) is 15.2 Å². The maximum atomic E-state index is 12.9. The second-order valence-corrected chi connectivity index (χ2v) is 6.75. The zero-order valence-electron chi connectivity index (χ0n) is 15.7. The van der Waals surface area contributed by atoms with Crippen LogP contribution in [0.3, 0.4) is 0 Å². The molecule has 0 radical (unpaired) electrons. The highest BCUT2D eigenvalue weighted by Crippen LogP contribution is 2.29. The van der Waals surface area contributed by atoms with Crippen molar-refractivity contribution in [3.63, 3.8) is 0 Å². The van der Waals surface area contributed by atoms with Gasteiger partial charge in [-0.3, -0.25) is 14.9 Å². The van der Waals surface area contributed by atoms with Gasteiger partial charge in [0.25, 0.3) is 5.91 Å². The zero-order valence-corrected chi connectivity index (χ0v) is 16.5. The Morgan fingerprint density at radius 3 is 2.52 bits per heavy atom. The van der Waals surface area contributed by atoms with Crippen molar-refractivity contribution in [1.82, 2.24) is 4.98 Å². The van der Waals surface area contributed by atoms with Gasteiger partial charge in [0.1, 0.15) is 17.3 Å². The number of hydrogen-bond acceptors (Lipinski definition) is 6. The number of ether oxygens (including phenoxy) is 2. The normalized spacial score (nSPS) is 10.3. The van der Waals surface area contributed by atoms with E-state index >= 15 is 0 Å². The van der Waals surface area contributed by atoms with Crippen LogP contribution in [-0.4, -0.2) is 31.0 Å². The number of carbonyl (C=O) groups excluding carboxylic acids is 2. The van der Waals surface area contributed by atoms with Gasteiger partial charge in [-0.1, -0.05) is 0 Å². The van der Waals surface area contributed by atoms with Gasteiger partial charge in [0.15, 0.2) is 5.13 Å². The quantitative estimate of drug-likeness (QED) is 0.614. The van der Waals surface area contributed by atoms with Crippen molar-refractivity contribution in [3.8, 4) is 11.5 Å². The van der Waals surface area contributed by atoms with Crippen LogP contribution in [0.15, 0.2) is 47.8 Å². The Morgan fingerprint density at radius 1 is 1.07 bits per heavy atom. The smallest absolute Gasteiger partial charge is 0.257 e. The number of halogens is 1. The maximum Gasteiger partial charge on any atom is 0.257 e. The average Bonchev–Trinajstić information content (AvgIpc) is 3.15. The van der Waals surface area contributed by atoms with E-state index in [1.165, 1.54) is 42.7 Å². The molecule has 0 aliphatic heterocycles. The molecule has 1 aromatic heterocycles. The fourth-order valence-electron chi connectivity index (χ4n) is 2.48. The molecule has 0 spiro atoms. The number of amides is 2. The molecule has 3 rings (SSSR count). The minimum absolute atomic E-state index is 0.0259. The van der Waals surface area contributed by atoms with Gasteiger partial charge in [-0.2, -0.15) is 0 Å². The molecule has 7 nitrogen and oxygen atoms in total. The SMILES string of the molecule is COc1ccc(NC(=O)Cc2csc(NC(=O)c3ccc(F)cc3)n2)c(OC)c1. The molecule has 150 valence electrons. The lowest BCUT2D eigenvalue weighted by Gasteiger charge is -2.11. The summed E-state index contributed by atoms with van der Waals surface area (Å²) in [7, 11) is 3.04. The molecule has 0 aliphatic carbocycles. The predicted octanol–water partition coefficient (Wildman–Crippen LogP) is 3.73. The van der Waals surface area contributed by atoms with Crippen LogP contribution >= 0.6 is 11.3 Å². The van der Waals surface area contributed by atoms with Crippen LogP contribution < -0.4 is 20.1 Å². The lowest BCUT2D eigenvalue weighted by Crippen LogP contribution is -2.15. The van der Waals surface area contributed by atoms with E-state index in [0.29, 0.717) is 33.6 Å². The molecule has 2 amide bonds. The van der Waals surface area contributed by atoms with Crippen molar-refractivity contribution in [2.45, 2.75) is 6.42 Å². The third-order valence-electron chi connectivity index (χ3n) is 3.90. The highest BCUT2D eigenvalue weighted by atomic mass is 32.1. The summed E-state index contributed by atoms with van der Waals surface area (Å²) in [6.07, 6.45) is 0.0259. The van der Waals surface area contributed by atoms with Gasteiger partial charge in [-0.15, -0.1) is 11.3 Å². The minimum Gasteiger partial charge on any atom is -0.497 e. The Bertz CT molecular complexity index is 1020. The van der Waals surface area contributed by atoms with Crippen molar-refractivity contribution in [3.05, 3.63) is 64.9 Å². The number of methoxy groups -OCH3 is 2. The second-order valence-electron chi connectivity index (χ2n) is 5.90. The first-order chi connectivity index (χ1) is 14.0. The van der Waals surface area contributed by atoms with Crippen molar-refractivity contribution < 1.29 is 23.5 Å². The fourth-order valence-corrected chi connectivity index (χ4v) is 3.18. The average molecular weight is 415 g/mol. The second kappa shape index (κ2) is 9.16. The first kappa shape index (κ1) is 20.3. The summed E-state index contributed by atoms with van der Waals surface area (Å²) in [6.45, 7) is 0. The number of thiazole rings is 1. The summed E-state index contributed by atoms with van der Waals surface area (Å²) < 4.78 is 23.3. The molecular weight excluding hydrogens is 397 g/mol. The van der Waals surface area contributed by atoms with Gasteiger partial charge in [0.05, 0.1) is 32.0 Å². The van der Waals surface area contributed by atoms with Crippen LogP contribution in [0, 0.1) is 5.82 Å². The van der Waals surface area contributed by atoms with Crippen LogP contribution in [0.2, 0.25) is 0 Å². The Kier molecular flexibility index (Phi) is 6.40. The van der Waals surface area contributed by atoms with Crippen molar-refractivity contribution in [1.29, 1.82) is 0 Å². The van der Waals surface area contributed by atoms with E-state index in [0.717, 1.165) is 0 Å². The van der Waals surface area contributed by atoms with E-state index in [1.807, 2.05) is 0 Å². The molecule has 3 aromatic rings. The van der Waals surface area contributed by atoms with Gasteiger partial charge in [0.2, 0.25) is 5.91 Å². The molecule has 0 aliphatic rings. The van der Waals surface area contributed by atoms with Crippen LogP contribution in [0.1, 0.15) is 16.1 Å². The molecule has 0 bridgehead atoms. The molecule has 9 heteroatoms. The molecule has 1 heterocycles. The van der Waals surface area contributed by atoms with E-state index in [9.17, 15) is 14.0 Å². The van der Waals surface area contributed by atoms with Crippen LogP contribution in [0.25, 0.3) is 0 Å². The molecule has 2 aromatic carbocycles. The molecule has 0 atom stereocenters. The van der Waals surface area contributed by atoms with Gasteiger partial charge in [-0.25, -0.2) is 9.37 Å². The van der Waals surface area contributed by atoms with Crippen molar-refractivity contribution in [2.24, 2.45) is 0 Å². The fraction of sp³-hybridized carbons (Fsp3) is 0.150. The summed E-state index contributed by atoms with van der Waals surface area (Å²) in [5.41, 5.74) is 1.33. The minimum atomic E-state index is -0.419. The summed E-state index contributed by atoms with van der Waals surface area (Å²) in [4.78, 5) is 28.7. The summed E-state index contributed by atoms with van der Waals surface area (Å²) in [6, 6.07) is 10.3. The Labute approximate surface area is 170 Å². The lowest BCUT2D eigenvalue weighted by molar-refractivity contribution is -0.115. The third-order valence-corrected chi connectivity index (χ3v) is 4.71. The van der Waals surface area contributed by atoms with E-state index in [4.69, 9.17) is 9.47 Å². The van der Waals surface area contributed by atoms with Crippen molar-refractivity contribution >= 4 is 34.0 Å². The zero-order chi connectivity index (χ0) is 20.8. The molecule has 2 N–H and O–H groups in total. The standard InChI is InChI=1S/C20H18FN3O4S/c1-27-15-7-8-16(17(10-15)28-2)23-18(25)9-14-11-29-20(22-14)24-19(26)12-3-5-13(21)6-4-12/h3-8,10-11H,9H2,1-2H3,(H,23,25)(H,22,24,26). The largest absolute Gasteiger partial charge is 0.497 e. The number of benzene rings is 2. The Hall–Kier alpha value is -3.46. The molecule has 0 unspecified atom stereocenters. The third kappa shape index (κ3) is 5.29. The van der Waals surface area contributed by atoms with Gasteiger partial charge < -0.3 is 14.8 Å². The lowest BCUT2D eigenvalue weighted by atomic mass is 10.2. The van der Waals surface area contributed by atoms with Crippen LogP contribution in [0.5, 0.6) is 11.5 Å². The van der Waals surface area contributed by atoms with E-state index in [1.54, 1.807) is 30.7 Å². The molecule has 0 saturated heterocycles. The highest BCUT2D eigenvalue weighted by Gasteiger charge is 2.13. The van der Waals surface area contributed by atoms with E-state index in [2.05, 4.69) is 15.6 Å². The topological polar surface area (TPSA) is 89.6 Å². The molecule has 0 saturated carbocycles. The monoisotopic (exact) mass is 415 g/mol. The number of nitrogens with zero attached hydrogens (tertiary/aromatic N) is 1. The highest BCUT2D eigenvalue weighted by molar-refractivity contribution is 7.14. The maximum absolute atomic E-state index is 12.9. The van der Waals surface area contributed by atoms with Gasteiger partial charge in [-0.05, 0) is 36.4 Å². The van der Waals surface area contributed by atoms with E-state index in [-0.39, 0.29) is 12.3 Å². The number of carbonyl (C=O) groups is 2. The number of hydrogen-bond donors (Lipinski definition) is 2. The molecule has 29 heavy (non-hydrogen) atoms. The molecule has 0 fully saturated rings. The summed E-state index contributed by atoms with van der Waals surface area (Å²) in [5.74, 6) is -0.0183. The Morgan fingerprint density at radius 2 is 1.83 bits per heavy atom. The number of nitrogens with one attached hydrogen (secondary N) is 2. The van der Waals surface area contributed by atoms with Gasteiger partial charge >= 0.3 is 0 Å². The summed E-state index contributed by atoms with van der Waals surface area (Å²) >= 11 is 1.20. The predicted molar refractivity (Wildman–Crippen MR) is 108 cm³/mol. The first-order valence-electron chi connectivity index (χ1n) is 8.51. The van der Waals surface area contributed by atoms with Gasteiger partial charge in [0, 0.05) is 17.0 Å². The van der Waals surface area contributed by atoms with Crippen LogP contribution in [-0.2, 0) is 11.2 Å². The Balaban J connectivity index is 1.60. The number of aromatic nitrogens is 1. The number of rotatable bonds is 7. The van der Waals surface area contributed by atoms with E-state index < -0.39 is 11.7 Å². The first-order valence-corrected chi connectivity index (χ1v) is 9.39. The van der Waals surface area contributed by atoms with Crippen molar-refractivity contribution in [2.75, 3.05) is 24.9 Å². The number of anilines is 2.